The first kappa shape index (κ1) is 16.5. The zero-order chi connectivity index (χ0) is 15.0. The highest BCUT2D eigenvalue weighted by Crippen LogP contribution is 2.22. The van der Waals surface area contributed by atoms with Gasteiger partial charge in [-0.05, 0) is 44.4 Å². The van der Waals surface area contributed by atoms with E-state index in [0.29, 0.717) is 19.6 Å². The Bertz CT molecular complexity index is 411. The van der Waals surface area contributed by atoms with Crippen molar-refractivity contribution < 1.29 is 14.6 Å². The van der Waals surface area contributed by atoms with Gasteiger partial charge in [0.25, 0.3) is 0 Å². The van der Waals surface area contributed by atoms with Crippen LogP contribution in [0, 0.1) is 13.8 Å². The van der Waals surface area contributed by atoms with Gasteiger partial charge in [0.15, 0.2) is 0 Å². The maximum absolute atomic E-state index is 11.0. The smallest absolute Gasteiger partial charge is 0.320 e. The number of rotatable bonds is 9. The number of benzene rings is 1. The Morgan fingerprint density at radius 1 is 1.35 bits per heavy atom. The molecule has 0 amide bonds. The predicted molar refractivity (Wildman–Crippen MR) is 80.4 cm³/mol. The summed E-state index contributed by atoms with van der Waals surface area (Å²) in [4.78, 5) is 11.0. The molecule has 1 unspecified atom stereocenters. The molecule has 0 radical (unpaired) electrons. The normalized spacial score (nSPS) is 12.2. The van der Waals surface area contributed by atoms with Crippen molar-refractivity contribution in [1.29, 1.82) is 0 Å². The first-order valence-electron chi connectivity index (χ1n) is 7.21. The molecule has 0 aromatic heterocycles. The van der Waals surface area contributed by atoms with Gasteiger partial charge in [0, 0.05) is 0 Å². The molecule has 1 atom stereocenters. The molecular formula is C16H25NO3. The SMILES string of the molecule is CCCC(NCCCOc1c(C)cccc1C)C(=O)O. The molecular weight excluding hydrogens is 254 g/mol. The van der Waals surface area contributed by atoms with Crippen LogP contribution in [0.25, 0.3) is 0 Å². The molecule has 1 aromatic rings. The number of hydrogen-bond donors (Lipinski definition) is 2. The molecule has 0 heterocycles. The second kappa shape index (κ2) is 8.59. The first-order valence-corrected chi connectivity index (χ1v) is 7.21. The molecule has 0 bridgehead atoms. The number of carbonyl (C=O) groups is 1. The monoisotopic (exact) mass is 279 g/mol. The van der Waals surface area contributed by atoms with Crippen molar-refractivity contribution in [3.8, 4) is 5.75 Å². The van der Waals surface area contributed by atoms with Gasteiger partial charge in [0.2, 0.25) is 0 Å². The molecule has 4 nitrogen and oxygen atoms in total. The number of ether oxygens (including phenoxy) is 1. The lowest BCUT2D eigenvalue weighted by Gasteiger charge is -2.15. The van der Waals surface area contributed by atoms with Crippen LogP contribution in [-0.2, 0) is 4.79 Å². The molecule has 0 aliphatic carbocycles. The molecule has 0 saturated heterocycles. The maximum atomic E-state index is 11.0. The van der Waals surface area contributed by atoms with Gasteiger partial charge < -0.3 is 15.2 Å². The molecule has 1 rings (SSSR count). The zero-order valence-electron chi connectivity index (χ0n) is 12.6. The Morgan fingerprint density at radius 3 is 2.55 bits per heavy atom. The molecule has 4 heteroatoms. The summed E-state index contributed by atoms with van der Waals surface area (Å²) in [7, 11) is 0. The highest BCUT2D eigenvalue weighted by molar-refractivity contribution is 5.73. The fourth-order valence-electron chi connectivity index (χ4n) is 2.15. The molecule has 112 valence electrons. The van der Waals surface area contributed by atoms with E-state index in [1.165, 1.54) is 0 Å². The Morgan fingerprint density at radius 2 is 2.00 bits per heavy atom. The van der Waals surface area contributed by atoms with E-state index >= 15 is 0 Å². The minimum absolute atomic E-state index is 0.444. The number of aryl methyl sites for hydroxylation is 2. The van der Waals surface area contributed by atoms with Crippen LogP contribution in [0.1, 0.15) is 37.3 Å². The third kappa shape index (κ3) is 5.21. The lowest BCUT2D eigenvalue weighted by Crippen LogP contribution is -2.37. The van der Waals surface area contributed by atoms with Crippen LogP contribution in [0.3, 0.4) is 0 Å². The Balaban J connectivity index is 2.30. The van der Waals surface area contributed by atoms with E-state index in [4.69, 9.17) is 9.84 Å². The van der Waals surface area contributed by atoms with Crippen LogP contribution in [0.15, 0.2) is 18.2 Å². The van der Waals surface area contributed by atoms with Gasteiger partial charge >= 0.3 is 5.97 Å². The topological polar surface area (TPSA) is 58.6 Å². The minimum Gasteiger partial charge on any atom is -0.493 e. The van der Waals surface area contributed by atoms with Crippen molar-refractivity contribution in [2.24, 2.45) is 0 Å². The van der Waals surface area contributed by atoms with Crippen molar-refractivity contribution in [2.45, 2.75) is 46.1 Å². The molecule has 2 N–H and O–H groups in total. The second-order valence-electron chi connectivity index (χ2n) is 5.06. The van der Waals surface area contributed by atoms with Crippen LogP contribution in [-0.4, -0.2) is 30.3 Å². The van der Waals surface area contributed by atoms with E-state index in [1.807, 2.05) is 39.0 Å². The Hall–Kier alpha value is -1.55. The highest BCUT2D eigenvalue weighted by atomic mass is 16.5. The van der Waals surface area contributed by atoms with Crippen molar-refractivity contribution in [3.05, 3.63) is 29.3 Å². The molecule has 0 saturated carbocycles. The standard InChI is InChI=1S/C16H25NO3/c1-4-7-14(16(18)19)17-10-6-11-20-15-12(2)8-5-9-13(15)3/h5,8-9,14,17H,4,6-7,10-11H2,1-3H3,(H,18,19). The summed E-state index contributed by atoms with van der Waals surface area (Å²) in [5.41, 5.74) is 2.26. The Kier molecular flexibility index (Phi) is 7.09. The van der Waals surface area contributed by atoms with E-state index in [1.54, 1.807) is 0 Å². The largest absolute Gasteiger partial charge is 0.493 e. The quantitative estimate of drug-likeness (QED) is 0.682. The van der Waals surface area contributed by atoms with Crippen molar-refractivity contribution in [3.63, 3.8) is 0 Å². The average molecular weight is 279 g/mol. The molecule has 1 aromatic carbocycles. The van der Waals surface area contributed by atoms with Crippen molar-refractivity contribution in [1.82, 2.24) is 5.32 Å². The van der Waals surface area contributed by atoms with Crippen LogP contribution in [0.4, 0.5) is 0 Å². The third-order valence-corrected chi connectivity index (χ3v) is 3.24. The number of hydrogen-bond acceptors (Lipinski definition) is 3. The van der Waals surface area contributed by atoms with Crippen LogP contribution >= 0.6 is 0 Å². The fraction of sp³-hybridized carbons (Fsp3) is 0.562. The third-order valence-electron chi connectivity index (χ3n) is 3.24. The Labute approximate surface area is 121 Å². The number of nitrogens with one attached hydrogen (secondary N) is 1. The van der Waals surface area contributed by atoms with E-state index in [9.17, 15) is 4.79 Å². The highest BCUT2D eigenvalue weighted by Gasteiger charge is 2.14. The van der Waals surface area contributed by atoms with Crippen LogP contribution < -0.4 is 10.1 Å². The number of carboxylic acids is 1. The summed E-state index contributed by atoms with van der Waals surface area (Å²) in [6, 6.07) is 5.63. The average Bonchev–Trinajstić information content (AvgIpc) is 2.39. The summed E-state index contributed by atoms with van der Waals surface area (Å²) in [6.45, 7) is 7.30. The van der Waals surface area contributed by atoms with Gasteiger partial charge in [0.1, 0.15) is 11.8 Å². The lowest BCUT2D eigenvalue weighted by molar-refractivity contribution is -0.139. The maximum Gasteiger partial charge on any atom is 0.320 e. The van der Waals surface area contributed by atoms with Crippen molar-refractivity contribution in [2.75, 3.05) is 13.2 Å². The minimum atomic E-state index is -0.775. The van der Waals surface area contributed by atoms with Gasteiger partial charge in [-0.2, -0.15) is 0 Å². The summed E-state index contributed by atoms with van der Waals surface area (Å²) in [6.07, 6.45) is 2.32. The van der Waals surface area contributed by atoms with E-state index < -0.39 is 12.0 Å². The molecule has 0 aliphatic heterocycles. The zero-order valence-corrected chi connectivity index (χ0v) is 12.6. The van der Waals surface area contributed by atoms with Gasteiger partial charge in [-0.1, -0.05) is 31.5 Å². The molecule has 0 fully saturated rings. The van der Waals surface area contributed by atoms with Crippen LogP contribution in [0.2, 0.25) is 0 Å². The van der Waals surface area contributed by atoms with E-state index in [-0.39, 0.29) is 0 Å². The fourth-order valence-corrected chi connectivity index (χ4v) is 2.15. The van der Waals surface area contributed by atoms with Gasteiger partial charge in [-0.25, -0.2) is 0 Å². The summed E-state index contributed by atoms with van der Waals surface area (Å²) in [5, 5.41) is 12.1. The summed E-state index contributed by atoms with van der Waals surface area (Å²) >= 11 is 0. The van der Waals surface area contributed by atoms with E-state index in [2.05, 4.69) is 5.32 Å². The predicted octanol–water partition coefficient (Wildman–Crippen LogP) is 2.92. The lowest BCUT2D eigenvalue weighted by atomic mass is 10.1. The van der Waals surface area contributed by atoms with E-state index in [0.717, 1.165) is 29.7 Å². The van der Waals surface area contributed by atoms with Crippen LogP contribution in [0.5, 0.6) is 5.75 Å². The van der Waals surface area contributed by atoms with Crippen molar-refractivity contribution >= 4 is 5.97 Å². The second-order valence-corrected chi connectivity index (χ2v) is 5.06. The van der Waals surface area contributed by atoms with Gasteiger partial charge in [-0.15, -0.1) is 0 Å². The molecule has 20 heavy (non-hydrogen) atoms. The van der Waals surface area contributed by atoms with Gasteiger partial charge in [0.05, 0.1) is 6.61 Å². The summed E-state index contributed by atoms with van der Waals surface area (Å²) in [5.74, 6) is 0.165. The summed E-state index contributed by atoms with van der Waals surface area (Å²) < 4.78 is 5.78. The van der Waals surface area contributed by atoms with Gasteiger partial charge in [-0.3, -0.25) is 4.79 Å². The number of carboxylic acid groups (broad SMARTS) is 1. The molecule has 0 spiro atoms. The molecule has 0 aliphatic rings. The number of aliphatic carboxylic acids is 1. The first-order chi connectivity index (χ1) is 9.56. The number of para-hydroxylation sites is 1.